The molecule has 8 heteroatoms. The first-order valence-corrected chi connectivity index (χ1v) is 8.71. The highest BCUT2D eigenvalue weighted by atomic mass is 35.5. The predicted molar refractivity (Wildman–Crippen MR) is 102 cm³/mol. The van der Waals surface area contributed by atoms with Crippen LogP contribution < -0.4 is 5.32 Å². The van der Waals surface area contributed by atoms with Gasteiger partial charge in [-0.25, -0.2) is 0 Å². The number of carbonyl (C=O) groups is 1. The van der Waals surface area contributed by atoms with Crippen molar-refractivity contribution in [2.45, 2.75) is 26.3 Å². The van der Waals surface area contributed by atoms with Gasteiger partial charge in [0.1, 0.15) is 12.6 Å². The van der Waals surface area contributed by atoms with Crippen LogP contribution in [0.15, 0.2) is 42.5 Å². The van der Waals surface area contributed by atoms with Crippen LogP contribution in [0.2, 0.25) is 5.02 Å². The summed E-state index contributed by atoms with van der Waals surface area (Å²) < 4.78 is 0. The second kappa shape index (κ2) is 7.98. The quantitative estimate of drug-likeness (QED) is 0.729. The van der Waals surface area contributed by atoms with Gasteiger partial charge in [-0.05, 0) is 34.9 Å². The molecule has 0 saturated heterocycles. The number of benzene rings is 2. The first kappa shape index (κ1) is 18.5. The molecule has 2 aromatic carbocycles. The molecule has 136 valence electrons. The average molecular weight is 381 g/mol. The number of nitrogens with one attached hydrogen (secondary N) is 1. The minimum absolute atomic E-state index is 0.0886. The Bertz CT molecular complexity index is 1000. The Morgan fingerprint density at radius 3 is 2.63 bits per heavy atom. The monoisotopic (exact) mass is 380 g/mol. The fraction of sp³-hybridized carbons (Fsp3) is 0.211. The van der Waals surface area contributed by atoms with E-state index in [0.717, 1.165) is 5.56 Å². The van der Waals surface area contributed by atoms with E-state index in [2.05, 4.69) is 34.6 Å². The van der Waals surface area contributed by atoms with Gasteiger partial charge in [-0.1, -0.05) is 49.7 Å². The molecule has 0 saturated carbocycles. The van der Waals surface area contributed by atoms with Crippen LogP contribution in [0.5, 0.6) is 0 Å². The number of amides is 1. The normalized spacial score (nSPS) is 10.6. The van der Waals surface area contributed by atoms with E-state index in [9.17, 15) is 4.79 Å². The van der Waals surface area contributed by atoms with Crippen LogP contribution in [-0.2, 0) is 11.3 Å². The molecule has 0 aliphatic rings. The van der Waals surface area contributed by atoms with Crippen molar-refractivity contribution in [2.75, 3.05) is 5.32 Å². The van der Waals surface area contributed by atoms with Gasteiger partial charge in [0.2, 0.25) is 11.7 Å². The fourth-order valence-corrected chi connectivity index (χ4v) is 2.68. The van der Waals surface area contributed by atoms with Gasteiger partial charge in [-0.15, -0.1) is 10.2 Å². The summed E-state index contributed by atoms with van der Waals surface area (Å²) in [5.74, 6) is 0.580. The second-order valence-corrected chi connectivity index (χ2v) is 6.68. The zero-order chi connectivity index (χ0) is 19.4. The molecule has 7 nitrogen and oxygen atoms in total. The van der Waals surface area contributed by atoms with Crippen LogP contribution in [-0.4, -0.2) is 26.1 Å². The van der Waals surface area contributed by atoms with Crippen LogP contribution in [0.25, 0.3) is 11.4 Å². The predicted octanol–water partition coefficient (Wildman–Crippen LogP) is 3.63. The topological polar surface area (TPSA) is 96.5 Å². The van der Waals surface area contributed by atoms with E-state index < -0.39 is 0 Å². The summed E-state index contributed by atoms with van der Waals surface area (Å²) >= 11 is 5.96. The first-order valence-electron chi connectivity index (χ1n) is 8.34. The first-order chi connectivity index (χ1) is 13.0. The van der Waals surface area contributed by atoms with Crippen molar-refractivity contribution in [2.24, 2.45) is 0 Å². The lowest BCUT2D eigenvalue weighted by atomic mass is 10.0. The van der Waals surface area contributed by atoms with Gasteiger partial charge in [0.15, 0.2) is 0 Å². The highest BCUT2D eigenvalue weighted by Gasteiger charge is 2.11. The lowest BCUT2D eigenvalue weighted by Gasteiger charge is -2.05. The average Bonchev–Trinajstić information content (AvgIpc) is 3.10. The maximum atomic E-state index is 12.2. The van der Waals surface area contributed by atoms with Crippen molar-refractivity contribution < 1.29 is 4.79 Å². The molecular formula is C19H17ClN6O. The molecule has 0 fully saturated rings. The SMILES string of the molecule is CC(C)c1ccc(-c2nnn(CC(=O)Nc3ccc(C#N)c(Cl)c3)n2)cc1. The number of aromatic nitrogens is 4. The van der Waals surface area contributed by atoms with Crippen LogP contribution in [0, 0.1) is 11.3 Å². The van der Waals surface area contributed by atoms with Crippen LogP contribution in [0.1, 0.15) is 30.9 Å². The number of anilines is 1. The molecule has 0 unspecified atom stereocenters. The number of rotatable bonds is 5. The van der Waals surface area contributed by atoms with Gasteiger partial charge in [0, 0.05) is 11.3 Å². The summed E-state index contributed by atoms with van der Waals surface area (Å²) in [7, 11) is 0. The Labute approximate surface area is 161 Å². The Kier molecular flexibility index (Phi) is 5.48. The lowest BCUT2D eigenvalue weighted by molar-refractivity contribution is -0.117. The Hall–Kier alpha value is -3.24. The summed E-state index contributed by atoms with van der Waals surface area (Å²) in [4.78, 5) is 13.4. The lowest BCUT2D eigenvalue weighted by Crippen LogP contribution is -2.20. The summed E-state index contributed by atoms with van der Waals surface area (Å²) in [6.07, 6.45) is 0. The molecule has 3 rings (SSSR count). The van der Waals surface area contributed by atoms with E-state index in [4.69, 9.17) is 16.9 Å². The number of halogens is 1. The van der Waals surface area contributed by atoms with Gasteiger partial charge in [-0.2, -0.15) is 10.1 Å². The van der Waals surface area contributed by atoms with Crippen molar-refractivity contribution in [1.82, 2.24) is 20.2 Å². The van der Waals surface area contributed by atoms with Gasteiger partial charge < -0.3 is 5.32 Å². The van der Waals surface area contributed by atoms with Crippen molar-refractivity contribution >= 4 is 23.2 Å². The Morgan fingerprint density at radius 2 is 2.00 bits per heavy atom. The zero-order valence-electron chi connectivity index (χ0n) is 14.8. The highest BCUT2D eigenvalue weighted by molar-refractivity contribution is 6.32. The minimum atomic E-state index is -0.324. The number of carbonyl (C=O) groups excluding carboxylic acids is 1. The van der Waals surface area contributed by atoms with Crippen LogP contribution >= 0.6 is 11.6 Å². The smallest absolute Gasteiger partial charge is 0.248 e. The van der Waals surface area contributed by atoms with E-state index in [-0.39, 0.29) is 17.5 Å². The number of nitrogens with zero attached hydrogens (tertiary/aromatic N) is 5. The molecule has 0 bridgehead atoms. The molecule has 0 aliphatic carbocycles. The molecule has 1 heterocycles. The molecule has 27 heavy (non-hydrogen) atoms. The zero-order valence-corrected chi connectivity index (χ0v) is 15.6. The third-order valence-corrected chi connectivity index (χ3v) is 4.26. The fourth-order valence-electron chi connectivity index (χ4n) is 2.46. The largest absolute Gasteiger partial charge is 0.324 e. The van der Waals surface area contributed by atoms with Crippen molar-refractivity contribution in [3.63, 3.8) is 0 Å². The third-order valence-electron chi connectivity index (χ3n) is 3.95. The van der Waals surface area contributed by atoms with Crippen LogP contribution in [0.4, 0.5) is 5.69 Å². The molecular weight excluding hydrogens is 364 g/mol. The second-order valence-electron chi connectivity index (χ2n) is 6.27. The Morgan fingerprint density at radius 1 is 1.26 bits per heavy atom. The van der Waals surface area contributed by atoms with Gasteiger partial charge in [0.25, 0.3) is 0 Å². The maximum Gasteiger partial charge on any atom is 0.248 e. The van der Waals surface area contributed by atoms with E-state index in [0.29, 0.717) is 23.0 Å². The third kappa shape index (κ3) is 4.49. The summed E-state index contributed by atoms with van der Waals surface area (Å²) in [5.41, 5.74) is 2.91. The standard InChI is InChI=1S/C19H17ClN6O/c1-12(2)13-3-5-14(6-4-13)19-23-25-26(24-19)11-18(27)22-16-8-7-15(10-21)17(20)9-16/h3-9,12H,11H2,1-2H3,(H,22,27). The molecule has 1 aromatic heterocycles. The number of tetrazole rings is 1. The van der Waals surface area contributed by atoms with Gasteiger partial charge in [0.05, 0.1) is 10.6 Å². The molecule has 1 amide bonds. The summed E-state index contributed by atoms with van der Waals surface area (Å²) in [6.45, 7) is 4.17. The molecule has 0 spiro atoms. The molecule has 0 radical (unpaired) electrons. The van der Waals surface area contributed by atoms with Gasteiger partial charge >= 0.3 is 0 Å². The maximum absolute atomic E-state index is 12.2. The highest BCUT2D eigenvalue weighted by Crippen LogP contribution is 2.21. The summed E-state index contributed by atoms with van der Waals surface area (Å²) in [6, 6.07) is 14.6. The van der Waals surface area contributed by atoms with Crippen molar-refractivity contribution in [3.8, 4) is 17.5 Å². The van der Waals surface area contributed by atoms with E-state index in [1.54, 1.807) is 12.1 Å². The number of hydrogen-bond donors (Lipinski definition) is 1. The molecule has 0 atom stereocenters. The van der Waals surface area contributed by atoms with Crippen molar-refractivity contribution in [1.29, 1.82) is 5.26 Å². The summed E-state index contributed by atoms with van der Waals surface area (Å²) in [5, 5.41) is 24.0. The van der Waals surface area contributed by atoms with E-state index in [1.807, 2.05) is 30.3 Å². The van der Waals surface area contributed by atoms with Crippen molar-refractivity contribution in [3.05, 3.63) is 58.6 Å². The Balaban J connectivity index is 1.65. The molecule has 1 N–H and O–H groups in total. The molecule has 0 aliphatic heterocycles. The van der Waals surface area contributed by atoms with Gasteiger partial charge in [-0.3, -0.25) is 4.79 Å². The molecule has 3 aromatic rings. The van der Waals surface area contributed by atoms with E-state index >= 15 is 0 Å². The van der Waals surface area contributed by atoms with Crippen LogP contribution in [0.3, 0.4) is 0 Å². The number of nitriles is 1. The number of hydrogen-bond acceptors (Lipinski definition) is 5. The minimum Gasteiger partial charge on any atom is -0.324 e. The van der Waals surface area contributed by atoms with E-state index in [1.165, 1.54) is 16.4 Å².